The SMILES string of the molecule is O=C(NC1CCN(CC(F)(F)F)CC1)C1CCCN1Cc1ccc(F)cc1. The predicted molar refractivity (Wildman–Crippen MR) is 93.5 cm³/mol. The molecular formula is C19H25F4N3O. The number of alkyl halides is 3. The van der Waals surface area contributed by atoms with Gasteiger partial charge in [-0.3, -0.25) is 14.6 Å². The fourth-order valence-electron chi connectivity index (χ4n) is 3.92. The first-order chi connectivity index (χ1) is 12.8. The number of carbonyl (C=O) groups is 1. The van der Waals surface area contributed by atoms with Gasteiger partial charge in [0.1, 0.15) is 5.82 Å². The van der Waals surface area contributed by atoms with E-state index in [4.69, 9.17) is 0 Å². The third-order valence-corrected chi connectivity index (χ3v) is 5.30. The summed E-state index contributed by atoms with van der Waals surface area (Å²) in [5, 5.41) is 3.02. The van der Waals surface area contributed by atoms with Crippen LogP contribution in [-0.4, -0.2) is 60.1 Å². The maximum absolute atomic E-state index is 13.0. The van der Waals surface area contributed by atoms with Crippen LogP contribution >= 0.6 is 0 Å². The number of nitrogens with zero attached hydrogens (tertiary/aromatic N) is 2. The molecule has 1 amide bonds. The first kappa shape index (κ1) is 20.1. The van der Waals surface area contributed by atoms with Gasteiger partial charge in [-0.05, 0) is 49.9 Å². The van der Waals surface area contributed by atoms with Crippen molar-refractivity contribution in [3.8, 4) is 0 Å². The van der Waals surface area contributed by atoms with Crippen LogP contribution in [-0.2, 0) is 11.3 Å². The van der Waals surface area contributed by atoms with Crippen molar-refractivity contribution in [1.82, 2.24) is 15.1 Å². The van der Waals surface area contributed by atoms with Crippen molar-refractivity contribution in [3.63, 3.8) is 0 Å². The number of hydrogen-bond acceptors (Lipinski definition) is 3. The lowest BCUT2D eigenvalue weighted by Gasteiger charge is -2.34. The number of piperidine rings is 1. The number of nitrogens with one attached hydrogen (secondary N) is 1. The van der Waals surface area contributed by atoms with Crippen molar-refractivity contribution < 1.29 is 22.4 Å². The summed E-state index contributed by atoms with van der Waals surface area (Å²) in [5.41, 5.74) is 0.955. The molecule has 0 aromatic heterocycles. The van der Waals surface area contributed by atoms with Gasteiger partial charge in [0.2, 0.25) is 5.91 Å². The smallest absolute Gasteiger partial charge is 0.352 e. The lowest BCUT2D eigenvalue weighted by molar-refractivity contribution is -0.148. The Morgan fingerprint density at radius 1 is 1.07 bits per heavy atom. The molecule has 1 aromatic carbocycles. The Hall–Kier alpha value is -1.67. The molecule has 27 heavy (non-hydrogen) atoms. The Balaban J connectivity index is 1.48. The van der Waals surface area contributed by atoms with Gasteiger partial charge in [-0.25, -0.2) is 4.39 Å². The maximum atomic E-state index is 13.0. The van der Waals surface area contributed by atoms with Gasteiger partial charge in [0.25, 0.3) is 0 Å². The second-order valence-electron chi connectivity index (χ2n) is 7.43. The molecule has 2 heterocycles. The average Bonchev–Trinajstić information content (AvgIpc) is 3.06. The van der Waals surface area contributed by atoms with Gasteiger partial charge >= 0.3 is 6.18 Å². The van der Waals surface area contributed by atoms with E-state index in [0.29, 0.717) is 32.5 Å². The molecule has 2 aliphatic heterocycles. The van der Waals surface area contributed by atoms with Crippen molar-refractivity contribution in [1.29, 1.82) is 0 Å². The Morgan fingerprint density at radius 3 is 2.37 bits per heavy atom. The molecule has 0 aliphatic carbocycles. The van der Waals surface area contributed by atoms with E-state index in [-0.39, 0.29) is 23.8 Å². The van der Waals surface area contributed by atoms with E-state index in [0.717, 1.165) is 24.9 Å². The number of amides is 1. The van der Waals surface area contributed by atoms with E-state index in [2.05, 4.69) is 10.2 Å². The molecule has 1 N–H and O–H groups in total. The number of rotatable bonds is 5. The van der Waals surface area contributed by atoms with Crippen molar-refractivity contribution in [2.24, 2.45) is 0 Å². The molecule has 1 aromatic rings. The molecule has 0 radical (unpaired) electrons. The van der Waals surface area contributed by atoms with Gasteiger partial charge in [-0.15, -0.1) is 0 Å². The van der Waals surface area contributed by atoms with Crippen LogP contribution in [0.3, 0.4) is 0 Å². The number of likely N-dealkylation sites (tertiary alicyclic amines) is 2. The van der Waals surface area contributed by atoms with E-state index in [1.54, 1.807) is 12.1 Å². The normalized spacial score (nSPS) is 22.9. The Bertz CT molecular complexity index is 627. The van der Waals surface area contributed by atoms with Crippen LogP contribution in [0.15, 0.2) is 24.3 Å². The highest BCUT2D eigenvalue weighted by Crippen LogP contribution is 2.22. The van der Waals surface area contributed by atoms with Gasteiger partial charge in [-0.1, -0.05) is 12.1 Å². The van der Waals surface area contributed by atoms with Gasteiger partial charge in [0, 0.05) is 25.7 Å². The molecule has 3 rings (SSSR count). The summed E-state index contributed by atoms with van der Waals surface area (Å²) in [5.74, 6) is -0.338. The van der Waals surface area contributed by atoms with Crippen LogP contribution in [0.4, 0.5) is 17.6 Å². The largest absolute Gasteiger partial charge is 0.401 e. The lowest BCUT2D eigenvalue weighted by Crippen LogP contribution is -2.51. The van der Waals surface area contributed by atoms with E-state index in [1.165, 1.54) is 17.0 Å². The minimum absolute atomic E-state index is 0.0520. The Morgan fingerprint density at radius 2 is 1.74 bits per heavy atom. The van der Waals surface area contributed by atoms with Crippen LogP contribution in [0.25, 0.3) is 0 Å². The molecule has 2 aliphatic rings. The topological polar surface area (TPSA) is 35.6 Å². The molecule has 1 atom stereocenters. The zero-order valence-electron chi connectivity index (χ0n) is 15.1. The summed E-state index contributed by atoms with van der Waals surface area (Å²) in [4.78, 5) is 16.1. The lowest BCUT2D eigenvalue weighted by atomic mass is 10.0. The molecule has 0 saturated carbocycles. The monoisotopic (exact) mass is 387 g/mol. The average molecular weight is 387 g/mol. The van der Waals surface area contributed by atoms with Crippen molar-refractivity contribution in [3.05, 3.63) is 35.6 Å². The minimum atomic E-state index is -4.18. The third-order valence-electron chi connectivity index (χ3n) is 5.30. The van der Waals surface area contributed by atoms with Crippen molar-refractivity contribution >= 4 is 5.91 Å². The predicted octanol–water partition coefficient (Wildman–Crippen LogP) is 2.93. The number of halogens is 4. The summed E-state index contributed by atoms with van der Waals surface area (Å²) in [7, 11) is 0. The number of benzene rings is 1. The van der Waals surface area contributed by atoms with Crippen molar-refractivity contribution in [2.75, 3.05) is 26.2 Å². The second kappa shape index (κ2) is 8.56. The van der Waals surface area contributed by atoms with Gasteiger partial charge in [0.05, 0.1) is 12.6 Å². The zero-order valence-corrected chi connectivity index (χ0v) is 15.1. The third kappa shape index (κ3) is 5.90. The molecule has 0 spiro atoms. The molecule has 4 nitrogen and oxygen atoms in total. The first-order valence-electron chi connectivity index (χ1n) is 9.38. The highest BCUT2D eigenvalue weighted by molar-refractivity contribution is 5.82. The highest BCUT2D eigenvalue weighted by Gasteiger charge is 2.35. The second-order valence-corrected chi connectivity index (χ2v) is 7.43. The van der Waals surface area contributed by atoms with Crippen LogP contribution in [0, 0.1) is 5.82 Å². The van der Waals surface area contributed by atoms with Crippen LogP contribution < -0.4 is 5.32 Å². The summed E-state index contributed by atoms with van der Waals surface area (Å²) in [6.07, 6.45) is -1.43. The molecule has 1 unspecified atom stereocenters. The van der Waals surface area contributed by atoms with Gasteiger partial charge in [0.15, 0.2) is 0 Å². The van der Waals surface area contributed by atoms with E-state index < -0.39 is 12.7 Å². The Kier molecular flexibility index (Phi) is 6.37. The fourth-order valence-corrected chi connectivity index (χ4v) is 3.92. The summed E-state index contributed by atoms with van der Waals surface area (Å²) in [6, 6.07) is 5.96. The summed E-state index contributed by atoms with van der Waals surface area (Å²) < 4.78 is 50.4. The standard InChI is InChI=1S/C19H25F4N3O/c20-15-5-3-14(4-6-15)12-26-9-1-2-17(26)18(27)24-16-7-10-25(11-8-16)13-19(21,22)23/h3-6,16-17H,1-2,7-13H2,(H,24,27). The zero-order chi connectivity index (χ0) is 19.4. The first-order valence-corrected chi connectivity index (χ1v) is 9.38. The van der Waals surface area contributed by atoms with Crippen LogP contribution in [0.2, 0.25) is 0 Å². The quantitative estimate of drug-likeness (QED) is 0.790. The van der Waals surface area contributed by atoms with E-state index in [9.17, 15) is 22.4 Å². The number of hydrogen-bond donors (Lipinski definition) is 1. The Labute approximate surface area is 156 Å². The molecule has 2 saturated heterocycles. The molecular weight excluding hydrogens is 362 g/mol. The van der Waals surface area contributed by atoms with Gasteiger partial charge in [-0.2, -0.15) is 13.2 Å². The minimum Gasteiger partial charge on any atom is -0.352 e. The molecule has 2 fully saturated rings. The van der Waals surface area contributed by atoms with Gasteiger partial charge < -0.3 is 5.32 Å². The summed E-state index contributed by atoms with van der Waals surface area (Å²) >= 11 is 0. The highest BCUT2D eigenvalue weighted by atomic mass is 19.4. The molecule has 8 heteroatoms. The molecule has 0 bridgehead atoms. The molecule has 150 valence electrons. The van der Waals surface area contributed by atoms with Crippen molar-refractivity contribution in [2.45, 2.75) is 50.5 Å². The maximum Gasteiger partial charge on any atom is 0.401 e. The van der Waals surface area contributed by atoms with E-state index >= 15 is 0 Å². The number of carbonyl (C=O) groups excluding carboxylic acids is 1. The summed E-state index contributed by atoms with van der Waals surface area (Å²) in [6.45, 7) is 1.19. The fraction of sp³-hybridized carbons (Fsp3) is 0.632. The van der Waals surface area contributed by atoms with Crippen LogP contribution in [0.1, 0.15) is 31.2 Å². The van der Waals surface area contributed by atoms with Crippen LogP contribution in [0.5, 0.6) is 0 Å². The van der Waals surface area contributed by atoms with E-state index in [1.807, 2.05) is 0 Å².